The van der Waals surface area contributed by atoms with Crippen molar-refractivity contribution in [1.82, 2.24) is 4.57 Å². The van der Waals surface area contributed by atoms with Crippen molar-refractivity contribution in [3.8, 4) is 11.5 Å². The van der Waals surface area contributed by atoms with Gasteiger partial charge in [0.1, 0.15) is 11.5 Å². The van der Waals surface area contributed by atoms with Crippen LogP contribution in [-0.2, 0) is 12.6 Å². The van der Waals surface area contributed by atoms with Crippen molar-refractivity contribution >= 4 is 11.6 Å². The maximum Gasteiger partial charge on any atom is 0.422 e. The lowest BCUT2D eigenvalue weighted by atomic mass is 9.78. The highest BCUT2D eigenvalue weighted by atomic mass is 35.5. The number of aliphatic hydroxyl groups is 3. The van der Waals surface area contributed by atoms with Gasteiger partial charge in [-0.2, -0.15) is 13.2 Å². The molecule has 6 nitrogen and oxygen atoms in total. The second-order valence-corrected chi connectivity index (χ2v) is 7.99. The molecule has 0 amide bonds. The van der Waals surface area contributed by atoms with Gasteiger partial charge in [-0.25, -0.2) is 0 Å². The van der Waals surface area contributed by atoms with E-state index in [1.807, 2.05) is 0 Å². The van der Waals surface area contributed by atoms with Crippen LogP contribution in [0.1, 0.15) is 35.8 Å². The van der Waals surface area contributed by atoms with Crippen molar-refractivity contribution in [2.45, 2.75) is 30.9 Å². The van der Waals surface area contributed by atoms with Crippen LogP contribution in [0, 0.1) is 0 Å². The molecule has 1 heterocycles. The topological polar surface area (TPSA) is 91.9 Å². The number of halogens is 4. The van der Waals surface area contributed by atoms with E-state index in [1.54, 1.807) is 0 Å². The van der Waals surface area contributed by atoms with Crippen molar-refractivity contribution in [2.75, 3.05) is 0 Å². The van der Waals surface area contributed by atoms with E-state index in [-0.39, 0.29) is 21.9 Å². The van der Waals surface area contributed by atoms with Gasteiger partial charge < -0.3 is 24.6 Å². The summed E-state index contributed by atoms with van der Waals surface area (Å²) in [5.41, 5.74) is -4.04. The van der Waals surface area contributed by atoms with Crippen molar-refractivity contribution in [3.63, 3.8) is 0 Å². The molecule has 33 heavy (non-hydrogen) atoms. The Labute approximate surface area is 192 Å². The number of ether oxygens (including phenoxy) is 1. The van der Waals surface area contributed by atoms with E-state index < -0.39 is 35.1 Å². The summed E-state index contributed by atoms with van der Waals surface area (Å²) >= 11 is 6.28. The lowest BCUT2D eigenvalue weighted by molar-refractivity contribution is -0.274. The van der Waals surface area contributed by atoms with Gasteiger partial charge in [-0.05, 0) is 35.9 Å². The van der Waals surface area contributed by atoms with Gasteiger partial charge in [0.05, 0.1) is 0 Å². The average Bonchev–Trinajstić information content (AvgIpc) is 2.74. The Morgan fingerprint density at radius 3 is 2.12 bits per heavy atom. The van der Waals surface area contributed by atoms with E-state index in [9.17, 15) is 23.1 Å². The van der Waals surface area contributed by atoms with Gasteiger partial charge in [0.2, 0.25) is 5.56 Å². The van der Waals surface area contributed by atoms with Crippen LogP contribution in [0.15, 0.2) is 65.6 Å². The Hall–Kier alpha value is -2.85. The Morgan fingerprint density at radius 1 is 1.00 bits per heavy atom. The van der Waals surface area contributed by atoms with E-state index in [0.717, 1.165) is 22.9 Å². The fraction of sp³-hybridized carbons (Fsp3) is 0.261. The predicted molar refractivity (Wildman–Crippen MR) is 115 cm³/mol. The number of nitrogens with zero attached hydrogens (tertiary/aromatic N) is 1. The minimum absolute atomic E-state index is 0.0245. The smallest absolute Gasteiger partial charge is 0.422 e. The molecular formula is C23H21ClF3NO5. The molecule has 1 aromatic heterocycles. The molecule has 0 fully saturated rings. The molecule has 3 rings (SSSR count). The van der Waals surface area contributed by atoms with Gasteiger partial charge in [0.25, 0.3) is 0 Å². The van der Waals surface area contributed by atoms with E-state index in [1.165, 1.54) is 56.4 Å². The molecule has 3 N–H and O–H groups in total. The van der Waals surface area contributed by atoms with Crippen LogP contribution in [0.25, 0.3) is 0 Å². The predicted octanol–water partition coefficient (Wildman–Crippen LogP) is 4.37. The van der Waals surface area contributed by atoms with E-state index in [0.29, 0.717) is 5.75 Å². The van der Waals surface area contributed by atoms with Gasteiger partial charge >= 0.3 is 6.18 Å². The first kappa shape index (κ1) is 24.8. The number of aryl methyl sites for hydroxylation is 1. The van der Waals surface area contributed by atoms with Crippen LogP contribution in [0.3, 0.4) is 0 Å². The van der Waals surface area contributed by atoms with Gasteiger partial charge in [0, 0.05) is 41.4 Å². The summed E-state index contributed by atoms with van der Waals surface area (Å²) in [5, 5.41) is 29.1. The van der Waals surface area contributed by atoms with Crippen LogP contribution >= 0.6 is 11.6 Å². The van der Waals surface area contributed by atoms with E-state index >= 15 is 0 Å². The Kier molecular flexibility index (Phi) is 6.90. The summed E-state index contributed by atoms with van der Waals surface area (Å²) in [6.45, 7) is 1.19. The van der Waals surface area contributed by atoms with Crippen LogP contribution in [0.5, 0.6) is 11.5 Å². The van der Waals surface area contributed by atoms with Crippen molar-refractivity contribution < 1.29 is 33.2 Å². The molecular weight excluding hydrogens is 463 g/mol. The van der Waals surface area contributed by atoms with Gasteiger partial charge in [-0.3, -0.25) is 4.79 Å². The Morgan fingerprint density at radius 2 is 1.61 bits per heavy atom. The SMILES string of the molecule is CC(c1ccc(Oc2ccc(C(O)O)cc2)cc1Cl)C(O)(c1ccc(=O)n(C)c1)C(F)(F)F. The largest absolute Gasteiger partial charge is 0.457 e. The molecule has 0 saturated heterocycles. The Balaban J connectivity index is 1.95. The fourth-order valence-corrected chi connectivity index (χ4v) is 3.80. The third-order valence-corrected chi connectivity index (χ3v) is 5.76. The normalized spacial score (nSPS) is 14.7. The Bertz CT molecular complexity index is 1190. The quantitative estimate of drug-likeness (QED) is 0.453. The number of aliphatic hydroxyl groups excluding tert-OH is 1. The highest BCUT2D eigenvalue weighted by Gasteiger charge is 2.59. The zero-order valence-electron chi connectivity index (χ0n) is 17.5. The highest BCUT2D eigenvalue weighted by Crippen LogP contribution is 2.49. The number of hydrogen-bond acceptors (Lipinski definition) is 5. The first-order valence-corrected chi connectivity index (χ1v) is 10.1. The summed E-state index contributed by atoms with van der Waals surface area (Å²) in [6, 6.07) is 11.8. The zero-order chi connectivity index (χ0) is 24.6. The van der Waals surface area contributed by atoms with Gasteiger partial charge in [0.15, 0.2) is 11.9 Å². The first-order valence-electron chi connectivity index (χ1n) is 9.74. The molecule has 10 heteroatoms. The summed E-state index contributed by atoms with van der Waals surface area (Å²) in [5.74, 6) is -0.957. The van der Waals surface area contributed by atoms with Crippen molar-refractivity contribution in [1.29, 1.82) is 0 Å². The maximum absolute atomic E-state index is 14.1. The summed E-state index contributed by atoms with van der Waals surface area (Å²) in [6.07, 6.45) is -5.75. The zero-order valence-corrected chi connectivity index (χ0v) is 18.3. The monoisotopic (exact) mass is 483 g/mol. The molecule has 0 aliphatic carbocycles. The lowest BCUT2D eigenvalue weighted by Gasteiger charge is -2.37. The van der Waals surface area contributed by atoms with Crippen molar-refractivity contribution in [2.24, 2.45) is 7.05 Å². The number of hydrogen-bond donors (Lipinski definition) is 3. The molecule has 0 aliphatic rings. The second kappa shape index (κ2) is 9.18. The highest BCUT2D eigenvalue weighted by molar-refractivity contribution is 6.31. The second-order valence-electron chi connectivity index (χ2n) is 7.58. The number of aromatic nitrogens is 1. The molecule has 176 valence electrons. The minimum Gasteiger partial charge on any atom is -0.457 e. The maximum atomic E-state index is 14.1. The average molecular weight is 484 g/mol. The third-order valence-electron chi connectivity index (χ3n) is 5.44. The molecule has 3 aromatic rings. The molecule has 0 radical (unpaired) electrons. The first-order chi connectivity index (χ1) is 15.3. The van der Waals surface area contributed by atoms with Crippen LogP contribution in [0.2, 0.25) is 5.02 Å². The summed E-state index contributed by atoms with van der Waals surface area (Å²) in [4.78, 5) is 11.6. The molecule has 2 aromatic carbocycles. The van der Waals surface area contributed by atoms with E-state index in [2.05, 4.69) is 0 Å². The number of pyridine rings is 1. The van der Waals surface area contributed by atoms with Gasteiger partial charge in [-0.15, -0.1) is 0 Å². The standard InChI is InChI=1S/C23H21ClF3NO5/c1-13(22(32,23(25,26)27)15-5-10-20(29)28(2)12-15)18-9-8-17(11-19(18)24)33-16-6-3-14(4-7-16)21(30)31/h3-13,21,30-32H,1-2H3. The molecule has 2 atom stereocenters. The van der Waals surface area contributed by atoms with Crippen LogP contribution in [0.4, 0.5) is 13.2 Å². The number of alkyl halides is 3. The minimum atomic E-state index is -5.07. The third kappa shape index (κ3) is 4.91. The molecule has 0 saturated carbocycles. The van der Waals surface area contributed by atoms with Crippen LogP contribution < -0.4 is 10.3 Å². The van der Waals surface area contributed by atoms with Crippen LogP contribution in [-0.4, -0.2) is 26.1 Å². The van der Waals surface area contributed by atoms with Gasteiger partial charge in [-0.1, -0.05) is 36.7 Å². The lowest BCUT2D eigenvalue weighted by Crippen LogP contribution is -2.47. The fourth-order valence-electron chi connectivity index (χ4n) is 3.47. The molecule has 0 bridgehead atoms. The van der Waals surface area contributed by atoms with Crippen molar-refractivity contribution in [3.05, 3.63) is 92.9 Å². The molecule has 0 aliphatic heterocycles. The molecule has 2 unspecified atom stereocenters. The van der Waals surface area contributed by atoms with E-state index in [4.69, 9.17) is 26.6 Å². The summed E-state index contributed by atoms with van der Waals surface area (Å²) < 4.78 is 48.9. The number of benzene rings is 2. The molecule has 0 spiro atoms. The summed E-state index contributed by atoms with van der Waals surface area (Å²) in [7, 11) is 1.29. The number of rotatable bonds is 6.